The van der Waals surface area contributed by atoms with E-state index in [0.717, 1.165) is 12.8 Å². The summed E-state index contributed by atoms with van der Waals surface area (Å²) >= 11 is 0. The lowest BCUT2D eigenvalue weighted by molar-refractivity contribution is 0.409. The number of benzene rings is 1. The normalized spacial score (nSPS) is 12.1. The van der Waals surface area contributed by atoms with Crippen molar-refractivity contribution >= 4 is 12.4 Å². The maximum Gasteiger partial charge on any atom is 0.131 e. The Balaban J connectivity index is 0.00000256. The van der Waals surface area contributed by atoms with E-state index in [0.29, 0.717) is 17.2 Å². The standard InChI is InChI=1S/C13H20FNO.ClH/c1-9(2)4-7-13(15)11-6-5-10(16-3)8-12(11)14;/h5-6,8-9,13H,4,7,15H2,1-3H3;1H/t13-;/m0./s1. The third-order valence-electron chi connectivity index (χ3n) is 2.66. The van der Waals surface area contributed by atoms with Gasteiger partial charge in [0.15, 0.2) is 0 Å². The van der Waals surface area contributed by atoms with E-state index in [1.807, 2.05) is 0 Å². The second kappa shape index (κ2) is 7.51. The fourth-order valence-electron chi connectivity index (χ4n) is 1.60. The van der Waals surface area contributed by atoms with Crippen LogP contribution in [0.2, 0.25) is 0 Å². The lowest BCUT2D eigenvalue weighted by Crippen LogP contribution is -2.13. The predicted octanol–water partition coefficient (Wildman–Crippen LogP) is 3.69. The highest BCUT2D eigenvalue weighted by atomic mass is 35.5. The maximum absolute atomic E-state index is 13.7. The van der Waals surface area contributed by atoms with Crippen LogP contribution in [0.5, 0.6) is 5.75 Å². The Kier molecular flexibility index (Phi) is 7.16. The van der Waals surface area contributed by atoms with Crippen LogP contribution in [0.15, 0.2) is 18.2 Å². The van der Waals surface area contributed by atoms with E-state index in [4.69, 9.17) is 10.5 Å². The number of nitrogens with two attached hydrogens (primary N) is 1. The van der Waals surface area contributed by atoms with Gasteiger partial charge < -0.3 is 10.5 Å². The van der Waals surface area contributed by atoms with Gasteiger partial charge in [-0.05, 0) is 24.8 Å². The molecule has 4 heteroatoms. The van der Waals surface area contributed by atoms with Gasteiger partial charge in [0.2, 0.25) is 0 Å². The van der Waals surface area contributed by atoms with E-state index < -0.39 is 0 Å². The Morgan fingerprint density at radius 1 is 1.29 bits per heavy atom. The van der Waals surface area contributed by atoms with Gasteiger partial charge in [-0.3, -0.25) is 0 Å². The van der Waals surface area contributed by atoms with Crippen molar-refractivity contribution in [1.82, 2.24) is 0 Å². The molecule has 1 atom stereocenters. The molecule has 0 heterocycles. The minimum atomic E-state index is -0.282. The monoisotopic (exact) mass is 261 g/mol. The molecule has 0 saturated carbocycles. The Labute approximate surface area is 109 Å². The minimum Gasteiger partial charge on any atom is -0.497 e. The first-order valence-corrected chi connectivity index (χ1v) is 5.63. The fourth-order valence-corrected chi connectivity index (χ4v) is 1.60. The van der Waals surface area contributed by atoms with Crippen molar-refractivity contribution in [1.29, 1.82) is 0 Å². The molecule has 0 fully saturated rings. The molecule has 0 aliphatic carbocycles. The predicted molar refractivity (Wildman–Crippen MR) is 71.2 cm³/mol. The first-order valence-electron chi connectivity index (χ1n) is 5.63. The molecule has 1 rings (SSSR count). The zero-order valence-electron chi connectivity index (χ0n) is 10.6. The van der Waals surface area contributed by atoms with Crippen molar-refractivity contribution in [2.45, 2.75) is 32.7 Å². The zero-order valence-corrected chi connectivity index (χ0v) is 11.4. The number of hydrogen-bond donors (Lipinski definition) is 1. The maximum atomic E-state index is 13.7. The van der Waals surface area contributed by atoms with Gasteiger partial charge in [0, 0.05) is 17.7 Å². The highest BCUT2D eigenvalue weighted by molar-refractivity contribution is 5.85. The number of hydrogen-bond acceptors (Lipinski definition) is 2. The molecule has 0 spiro atoms. The average molecular weight is 262 g/mol. The van der Waals surface area contributed by atoms with Gasteiger partial charge in [0.25, 0.3) is 0 Å². The molecular weight excluding hydrogens is 241 g/mol. The molecule has 98 valence electrons. The van der Waals surface area contributed by atoms with Crippen LogP contribution >= 0.6 is 12.4 Å². The molecule has 0 amide bonds. The molecule has 0 unspecified atom stereocenters. The summed E-state index contributed by atoms with van der Waals surface area (Å²) in [5, 5.41) is 0. The number of rotatable bonds is 5. The third kappa shape index (κ3) is 4.92. The lowest BCUT2D eigenvalue weighted by Gasteiger charge is -2.14. The molecule has 2 nitrogen and oxygen atoms in total. The average Bonchev–Trinajstić information content (AvgIpc) is 2.25. The van der Waals surface area contributed by atoms with Gasteiger partial charge in [-0.2, -0.15) is 0 Å². The van der Waals surface area contributed by atoms with Crippen LogP contribution in [-0.2, 0) is 0 Å². The Bertz CT molecular complexity index is 344. The van der Waals surface area contributed by atoms with E-state index in [9.17, 15) is 4.39 Å². The molecule has 0 aliphatic rings. The fraction of sp³-hybridized carbons (Fsp3) is 0.538. The van der Waals surface area contributed by atoms with Crippen molar-refractivity contribution in [2.24, 2.45) is 11.7 Å². The molecule has 0 aromatic heterocycles. The summed E-state index contributed by atoms with van der Waals surface area (Å²) in [6.45, 7) is 4.27. The van der Waals surface area contributed by atoms with E-state index in [2.05, 4.69) is 13.8 Å². The first kappa shape index (κ1) is 16.2. The third-order valence-corrected chi connectivity index (χ3v) is 2.66. The zero-order chi connectivity index (χ0) is 12.1. The smallest absolute Gasteiger partial charge is 0.131 e. The van der Waals surface area contributed by atoms with Crippen LogP contribution in [0.25, 0.3) is 0 Å². The number of ether oxygens (including phenoxy) is 1. The van der Waals surface area contributed by atoms with Gasteiger partial charge in [0.05, 0.1) is 7.11 Å². The van der Waals surface area contributed by atoms with Gasteiger partial charge in [0.1, 0.15) is 11.6 Å². The van der Waals surface area contributed by atoms with Gasteiger partial charge >= 0.3 is 0 Å². The van der Waals surface area contributed by atoms with Crippen LogP contribution in [0.1, 0.15) is 38.3 Å². The summed E-state index contributed by atoms with van der Waals surface area (Å²) in [5.74, 6) is 0.834. The molecule has 0 saturated heterocycles. The van der Waals surface area contributed by atoms with Crippen LogP contribution in [0.3, 0.4) is 0 Å². The van der Waals surface area contributed by atoms with E-state index in [-0.39, 0.29) is 24.3 Å². The Hall–Kier alpha value is -0.800. The Morgan fingerprint density at radius 2 is 1.94 bits per heavy atom. The summed E-state index contributed by atoms with van der Waals surface area (Å²) in [4.78, 5) is 0. The minimum absolute atomic E-state index is 0. The summed E-state index contributed by atoms with van der Waals surface area (Å²) in [6.07, 6.45) is 1.81. The van der Waals surface area contributed by atoms with Gasteiger partial charge in [-0.1, -0.05) is 19.9 Å². The van der Waals surface area contributed by atoms with Crippen molar-refractivity contribution in [2.75, 3.05) is 7.11 Å². The van der Waals surface area contributed by atoms with Crippen molar-refractivity contribution in [3.8, 4) is 5.75 Å². The Morgan fingerprint density at radius 3 is 2.41 bits per heavy atom. The van der Waals surface area contributed by atoms with E-state index >= 15 is 0 Å². The molecule has 0 bridgehead atoms. The topological polar surface area (TPSA) is 35.2 Å². The van der Waals surface area contributed by atoms with Crippen LogP contribution in [0.4, 0.5) is 4.39 Å². The quantitative estimate of drug-likeness (QED) is 0.877. The highest BCUT2D eigenvalue weighted by Crippen LogP contribution is 2.24. The largest absolute Gasteiger partial charge is 0.497 e. The van der Waals surface area contributed by atoms with Crippen LogP contribution < -0.4 is 10.5 Å². The summed E-state index contributed by atoms with van der Waals surface area (Å²) < 4.78 is 18.6. The summed E-state index contributed by atoms with van der Waals surface area (Å²) in [7, 11) is 1.52. The van der Waals surface area contributed by atoms with Crippen molar-refractivity contribution < 1.29 is 9.13 Å². The van der Waals surface area contributed by atoms with Gasteiger partial charge in [-0.25, -0.2) is 4.39 Å². The number of halogens is 2. The molecule has 2 N–H and O–H groups in total. The van der Waals surface area contributed by atoms with E-state index in [1.165, 1.54) is 13.2 Å². The first-order chi connectivity index (χ1) is 7.54. The van der Waals surface area contributed by atoms with Gasteiger partial charge in [-0.15, -0.1) is 12.4 Å². The van der Waals surface area contributed by atoms with Crippen molar-refractivity contribution in [3.05, 3.63) is 29.6 Å². The van der Waals surface area contributed by atoms with Crippen molar-refractivity contribution in [3.63, 3.8) is 0 Å². The molecule has 1 aromatic carbocycles. The lowest BCUT2D eigenvalue weighted by atomic mass is 9.98. The van der Waals surface area contributed by atoms with E-state index in [1.54, 1.807) is 12.1 Å². The van der Waals surface area contributed by atoms with Crippen LogP contribution in [0, 0.1) is 11.7 Å². The molecule has 0 radical (unpaired) electrons. The summed E-state index contributed by atoms with van der Waals surface area (Å²) in [6, 6.07) is 4.60. The summed E-state index contributed by atoms with van der Waals surface area (Å²) in [5.41, 5.74) is 6.53. The highest BCUT2D eigenvalue weighted by Gasteiger charge is 2.12. The SMILES string of the molecule is COc1ccc([C@@H](N)CCC(C)C)c(F)c1.Cl. The van der Waals surface area contributed by atoms with Crippen LogP contribution in [-0.4, -0.2) is 7.11 Å². The molecule has 1 aromatic rings. The second-order valence-electron chi connectivity index (χ2n) is 4.47. The molecule has 0 aliphatic heterocycles. The molecule has 17 heavy (non-hydrogen) atoms. The number of methoxy groups -OCH3 is 1. The molecular formula is C13H21ClFNO. The second-order valence-corrected chi connectivity index (χ2v) is 4.47.